The molecule has 0 saturated heterocycles. The van der Waals surface area contributed by atoms with Crippen LogP contribution in [0.25, 0.3) is 0 Å². The molecule has 2 amide bonds. The van der Waals surface area contributed by atoms with E-state index in [0.29, 0.717) is 24.9 Å². The second-order valence-electron chi connectivity index (χ2n) is 11.8. The Morgan fingerprint density at radius 2 is 1.48 bits per heavy atom. The molecule has 1 fully saturated rings. The summed E-state index contributed by atoms with van der Waals surface area (Å²) in [5, 5.41) is 6.32. The maximum absolute atomic E-state index is 13.6. The summed E-state index contributed by atoms with van der Waals surface area (Å²) in [6, 6.07) is 6.21. The number of carbonyl (C=O) groups excluding carboxylic acids is 2. The number of amides is 2. The maximum Gasteiger partial charge on any atom is 0.252 e. The van der Waals surface area contributed by atoms with Crippen LogP contribution in [-0.4, -0.2) is 23.9 Å². The van der Waals surface area contributed by atoms with Gasteiger partial charge in [-0.1, -0.05) is 85.1 Å². The van der Waals surface area contributed by atoms with Gasteiger partial charge in [-0.3, -0.25) is 9.59 Å². The molecule has 0 bridgehead atoms. The summed E-state index contributed by atoms with van der Waals surface area (Å²) in [4.78, 5) is 27.0. The summed E-state index contributed by atoms with van der Waals surface area (Å²) < 4.78 is 0. The third kappa shape index (κ3) is 6.37. The predicted octanol–water partition coefficient (Wildman–Crippen LogP) is 6.11. The third-order valence-electron chi connectivity index (χ3n) is 6.95. The van der Waals surface area contributed by atoms with Crippen molar-refractivity contribution in [1.29, 1.82) is 0 Å². The molecule has 0 unspecified atom stereocenters. The fourth-order valence-electron chi connectivity index (χ4n) is 4.63. The van der Waals surface area contributed by atoms with Gasteiger partial charge in [-0.2, -0.15) is 0 Å². The van der Waals surface area contributed by atoms with Gasteiger partial charge >= 0.3 is 0 Å². The topological polar surface area (TPSA) is 58.2 Å². The molecule has 0 heterocycles. The number of allylic oxidation sites excluding steroid dienone is 2. The van der Waals surface area contributed by atoms with E-state index in [2.05, 4.69) is 76.5 Å². The van der Waals surface area contributed by atoms with Crippen LogP contribution in [0.5, 0.6) is 0 Å². The van der Waals surface area contributed by atoms with Crippen molar-refractivity contribution >= 4 is 11.8 Å². The van der Waals surface area contributed by atoms with Crippen molar-refractivity contribution in [3.63, 3.8) is 0 Å². The number of benzene rings is 1. The normalized spacial score (nSPS) is 18.4. The number of carbonyl (C=O) groups is 2. The van der Waals surface area contributed by atoms with Gasteiger partial charge in [0.05, 0.1) is 0 Å². The average molecular weight is 451 g/mol. The lowest BCUT2D eigenvalue weighted by Crippen LogP contribution is -2.60. The summed E-state index contributed by atoms with van der Waals surface area (Å²) in [6.45, 7) is 13.5. The van der Waals surface area contributed by atoms with Crippen LogP contribution in [0, 0.1) is 0 Å². The SMILES string of the molecule is CC(C)(C)c1cc(C(=O)NC2(C(=O)NCC3=CCCC=C3)CCCCC2)cc(C(C)(C)C)c1. The largest absolute Gasteiger partial charge is 0.350 e. The molecule has 33 heavy (non-hydrogen) atoms. The minimum atomic E-state index is -0.839. The second-order valence-corrected chi connectivity index (χ2v) is 11.8. The van der Waals surface area contributed by atoms with E-state index in [1.807, 2.05) is 12.1 Å². The van der Waals surface area contributed by atoms with Crippen LogP contribution < -0.4 is 10.6 Å². The van der Waals surface area contributed by atoms with Gasteiger partial charge in [0.15, 0.2) is 0 Å². The predicted molar refractivity (Wildman–Crippen MR) is 137 cm³/mol. The van der Waals surface area contributed by atoms with Crippen molar-refractivity contribution in [3.8, 4) is 0 Å². The van der Waals surface area contributed by atoms with Gasteiger partial charge < -0.3 is 10.6 Å². The zero-order chi connectivity index (χ0) is 24.3. The van der Waals surface area contributed by atoms with Gasteiger partial charge in [0.25, 0.3) is 5.91 Å². The molecule has 1 aromatic carbocycles. The minimum absolute atomic E-state index is 0.0570. The monoisotopic (exact) mass is 450 g/mol. The zero-order valence-electron chi connectivity index (χ0n) is 21.4. The van der Waals surface area contributed by atoms with E-state index in [4.69, 9.17) is 0 Å². The van der Waals surface area contributed by atoms with Gasteiger partial charge in [0.1, 0.15) is 5.54 Å². The molecule has 2 N–H and O–H groups in total. The number of hydrogen-bond donors (Lipinski definition) is 2. The summed E-state index contributed by atoms with van der Waals surface area (Å²) in [7, 11) is 0. The van der Waals surface area contributed by atoms with E-state index in [-0.39, 0.29) is 22.6 Å². The summed E-state index contributed by atoms with van der Waals surface area (Å²) in [5.74, 6) is -0.209. The van der Waals surface area contributed by atoms with Crippen LogP contribution >= 0.6 is 0 Å². The van der Waals surface area contributed by atoms with Crippen LogP contribution in [0.15, 0.2) is 42.0 Å². The Labute approximate surface area is 200 Å². The standard InChI is InChI=1S/C29H42N2O2/c1-27(2,3)23-17-22(18-24(19-23)28(4,5)6)25(32)31-29(15-11-8-12-16-29)26(33)30-20-21-13-9-7-10-14-21/h9,13-14,17-19H,7-8,10-12,15-16,20H2,1-6H3,(H,30,33)(H,31,32). The van der Waals surface area contributed by atoms with E-state index in [1.165, 1.54) is 0 Å². The number of hydrogen-bond acceptors (Lipinski definition) is 2. The lowest BCUT2D eigenvalue weighted by Gasteiger charge is -2.37. The highest BCUT2D eigenvalue weighted by atomic mass is 16.2. The Morgan fingerprint density at radius 3 is 2.00 bits per heavy atom. The Bertz CT molecular complexity index is 903. The lowest BCUT2D eigenvalue weighted by atomic mass is 9.78. The molecular weight excluding hydrogens is 408 g/mol. The molecule has 0 spiro atoms. The van der Waals surface area contributed by atoms with Crippen molar-refractivity contribution in [2.75, 3.05) is 6.54 Å². The molecule has 0 radical (unpaired) electrons. The number of rotatable bonds is 5. The molecular formula is C29H42N2O2. The fourth-order valence-corrected chi connectivity index (χ4v) is 4.63. The smallest absolute Gasteiger partial charge is 0.252 e. The van der Waals surface area contributed by atoms with Gasteiger partial charge in [0, 0.05) is 12.1 Å². The highest BCUT2D eigenvalue weighted by Gasteiger charge is 2.41. The summed E-state index contributed by atoms with van der Waals surface area (Å²) >= 11 is 0. The highest BCUT2D eigenvalue weighted by Crippen LogP contribution is 2.32. The summed E-state index contributed by atoms with van der Waals surface area (Å²) in [5.41, 5.74) is 3.07. The zero-order valence-corrected chi connectivity index (χ0v) is 21.4. The maximum atomic E-state index is 13.6. The highest BCUT2D eigenvalue weighted by molar-refractivity contribution is 5.99. The van der Waals surface area contributed by atoms with Crippen molar-refractivity contribution < 1.29 is 9.59 Å². The minimum Gasteiger partial charge on any atom is -0.350 e. The van der Waals surface area contributed by atoms with Crippen LogP contribution in [0.2, 0.25) is 0 Å². The molecule has 4 nitrogen and oxygen atoms in total. The van der Waals surface area contributed by atoms with Gasteiger partial charge in [-0.25, -0.2) is 0 Å². The first-order chi connectivity index (χ1) is 15.4. The first kappa shape index (κ1) is 25.3. The molecule has 0 aromatic heterocycles. The van der Waals surface area contributed by atoms with Crippen LogP contribution in [0.4, 0.5) is 0 Å². The van der Waals surface area contributed by atoms with Gasteiger partial charge in [-0.05, 0) is 65.3 Å². The van der Waals surface area contributed by atoms with E-state index < -0.39 is 5.54 Å². The third-order valence-corrected chi connectivity index (χ3v) is 6.95. The first-order valence-corrected chi connectivity index (χ1v) is 12.5. The first-order valence-electron chi connectivity index (χ1n) is 12.5. The van der Waals surface area contributed by atoms with Crippen molar-refractivity contribution in [3.05, 3.63) is 58.7 Å². The van der Waals surface area contributed by atoms with E-state index in [0.717, 1.165) is 48.8 Å². The van der Waals surface area contributed by atoms with E-state index >= 15 is 0 Å². The van der Waals surface area contributed by atoms with Crippen LogP contribution in [0.3, 0.4) is 0 Å². The molecule has 2 aliphatic carbocycles. The Kier molecular flexibility index (Phi) is 7.55. The molecule has 0 aliphatic heterocycles. The molecule has 1 saturated carbocycles. The molecule has 1 aromatic rings. The molecule has 180 valence electrons. The molecule has 0 atom stereocenters. The molecule has 3 rings (SSSR count). The number of nitrogens with one attached hydrogen (secondary N) is 2. The second kappa shape index (κ2) is 9.87. The Balaban J connectivity index is 1.86. The van der Waals surface area contributed by atoms with Crippen molar-refractivity contribution in [1.82, 2.24) is 10.6 Å². The fraction of sp³-hybridized carbons (Fsp3) is 0.586. The summed E-state index contributed by atoms with van der Waals surface area (Å²) in [6.07, 6.45) is 12.9. The molecule has 4 heteroatoms. The van der Waals surface area contributed by atoms with Crippen LogP contribution in [-0.2, 0) is 15.6 Å². The lowest BCUT2D eigenvalue weighted by molar-refractivity contribution is -0.128. The quantitative estimate of drug-likeness (QED) is 0.569. The van der Waals surface area contributed by atoms with Crippen molar-refractivity contribution in [2.45, 2.75) is 103 Å². The average Bonchev–Trinajstić information content (AvgIpc) is 2.77. The van der Waals surface area contributed by atoms with Crippen LogP contribution in [0.1, 0.15) is 108 Å². The Morgan fingerprint density at radius 1 is 0.879 bits per heavy atom. The van der Waals surface area contributed by atoms with E-state index in [1.54, 1.807) is 0 Å². The van der Waals surface area contributed by atoms with Gasteiger partial charge in [-0.15, -0.1) is 0 Å². The Hall–Kier alpha value is -2.36. The van der Waals surface area contributed by atoms with E-state index in [9.17, 15) is 9.59 Å². The molecule has 2 aliphatic rings. The van der Waals surface area contributed by atoms with Gasteiger partial charge in [0.2, 0.25) is 5.91 Å². The van der Waals surface area contributed by atoms with Crippen molar-refractivity contribution in [2.24, 2.45) is 0 Å².